The number of para-hydroxylation sites is 3. The lowest BCUT2D eigenvalue weighted by atomic mass is 10.2. The monoisotopic (exact) mass is 273 g/mol. The number of imidazole rings is 1. The van der Waals surface area contributed by atoms with Crippen LogP contribution in [0.3, 0.4) is 0 Å². The topological polar surface area (TPSA) is 30.7 Å². The molecule has 0 aliphatic rings. The van der Waals surface area contributed by atoms with Crippen molar-refractivity contribution >= 4 is 21.9 Å². The minimum absolute atomic E-state index is 0.879. The van der Waals surface area contributed by atoms with Crippen LogP contribution in [0.5, 0.6) is 0 Å². The minimum atomic E-state index is 0.879. The lowest BCUT2D eigenvalue weighted by Crippen LogP contribution is -1.98. The molecule has 2 heterocycles. The van der Waals surface area contributed by atoms with Gasteiger partial charge in [-0.3, -0.25) is 0 Å². The van der Waals surface area contributed by atoms with Gasteiger partial charge in [0.15, 0.2) is 5.82 Å². The van der Waals surface area contributed by atoms with E-state index in [2.05, 4.69) is 35.8 Å². The summed E-state index contributed by atoms with van der Waals surface area (Å²) in [5, 5.41) is 1.15. The number of hydrogen-bond donors (Lipinski definition) is 0. The molecule has 3 heteroatoms. The van der Waals surface area contributed by atoms with Crippen molar-refractivity contribution in [3.63, 3.8) is 0 Å². The molecule has 2 aromatic carbocycles. The molecule has 3 nitrogen and oxygen atoms in total. The van der Waals surface area contributed by atoms with Crippen LogP contribution < -0.4 is 0 Å². The summed E-state index contributed by atoms with van der Waals surface area (Å²) in [6.07, 6.45) is 0. The molecular weight excluding hydrogens is 258 g/mol. The molecule has 0 amide bonds. The molecule has 0 saturated carbocycles. The molecule has 0 saturated heterocycles. The largest absolute Gasteiger partial charge is 0.323 e. The summed E-state index contributed by atoms with van der Waals surface area (Å²) >= 11 is 0. The van der Waals surface area contributed by atoms with E-state index in [1.807, 2.05) is 36.4 Å². The van der Waals surface area contributed by atoms with Gasteiger partial charge in [0.25, 0.3) is 0 Å². The lowest BCUT2D eigenvalue weighted by Gasteiger charge is -2.06. The molecule has 4 aromatic rings. The number of pyridine rings is 1. The summed E-state index contributed by atoms with van der Waals surface area (Å²) in [5.74, 6) is 0.935. The second-order valence-electron chi connectivity index (χ2n) is 5.06. The molecule has 21 heavy (non-hydrogen) atoms. The van der Waals surface area contributed by atoms with Crippen molar-refractivity contribution in [1.82, 2.24) is 14.5 Å². The maximum absolute atomic E-state index is 4.77. The smallest absolute Gasteiger partial charge is 0.159 e. The van der Waals surface area contributed by atoms with Crippen LogP contribution in [-0.4, -0.2) is 14.5 Å². The Balaban J connectivity index is 1.99. The third-order valence-electron chi connectivity index (χ3n) is 3.80. The quantitative estimate of drug-likeness (QED) is 0.546. The van der Waals surface area contributed by atoms with E-state index in [0.717, 1.165) is 40.0 Å². The zero-order valence-corrected chi connectivity index (χ0v) is 11.8. The number of benzene rings is 2. The summed E-state index contributed by atoms with van der Waals surface area (Å²) in [6.45, 7) is 3.02. The van der Waals surface area contributed by atoms with Crippen molar-refractivity contribution in [3.05, 3.63) is 60.7 Å². The SMILES string of the molecule is CCn1c(-c2ccc3ccccc3n2)nc2ccccc21. The Labute approximate surface area is 122 Å². The highest BCUT2D eigenvalue weighted by Crippen LogP contribution is 2.25. The molecule has 4 rings (SSSR count). The molecule has 0 radical (unpaired) electrons. The Morgan fingerprint density at radius 2 is 1.57 bits per heavy atom. The first-order chi connectivity index (χ1) is 10.4. The van der Waals surface area contributed by atoms with Crippen LogP contribution in [0, 0.1) is 0 Å². The molecule has 0 aliphatic heterocycles. The van der Waals surface area contributed by atoms with Gasteiger partial charge in [-0.1, -0.05) is 36.4 Å². The fourth-order valence-corrected chi connectivity index (χ4v) is 2.78. The average Bonchev–Trinajstić information content (AvgIpc) is 2.93. The molecule has 0 aliphatic carbocycles. The Morgan fingerprint density at radius 1 is 0.810 bits per heavy atom. The fraction of sp³-hybridized carbons (Fsp3) is 0.111. The first kappa shape index (κ1) is 12.1. The van der Waals surface area contributed by atoms with Crippen LogP contribution >= 0.6 is 0 Å². The van der Waals surface area contributed by atoms with Crippen LogP contribution in [0.25, 0.3) is 33.5 Å². The lowest BCUT2D eigenvalue weighted by molar-refractivity contribution is 0.794. The first-order valence-electron chi connectivity index (χ1n) is 7.18. The molecule has 0 spiro atoms. The van der Waals surface area contributed by atoms with Gasteiger partial charge in [-0.15, -0.1) is 0 Å². The van der Waals surface area contributed by atoms with Gasteiger partial charge >= 0.3 is 0 Å². The van der Waals surface area contributed by atoms with Gasteiger partial charge in [0.2, 0.25) is 0 Å². The summed E-state index contributed by atoms with van der Waals surface area (Å²) in [4.78, 5) is 9.53. The fourth-order valence-electron chi connectivity index (χ4n) is 2.78. The number of hydrogen-bond acceptors (Lipinski definition) is 2. The maximum atomic E-state index is 4.77. The van der Waals surface area contributed by atoms with Gasteiger partial charge in [0, 0.05) is 11.9 Å². The van der Waals surface area contributed by atoms with Crippen molar-refractivity contribution in [2.45, 2.75) is 13.5 Å². The molecular formula is C18H15N3. The van der Waals surface area contributed by atoms with Crippen LogP contribution in [0.1, 0.15) is 6.92 Å². The summed E-state index contributed by atoms with van der Waals surface area (Å²) in [6, 6.07) is 20.6. The van der Waals surface area contributed by atoms with Crippen LogP contribution in [0.15, 0.2) is 60.7 Å². The maximum Gasteiger partial charge on any atom is 0.159 e. The summed E-state index contributed by atoms with van der Waals surface area (Å²) < 4.78 is 2.21. The Bertz CT molecular complexity index is 937. The molecule has 0 atom stereocenters. The molecule has 0 fully saturated rings. The number of nitrogens with zero attached hydrogens (tertiary/aromatic N) is 3. The standard InChI is InChI=1S/C18H15N3/c1-2-21-17-10-6-5-9-15(17)20-18(21)16-12-11-13-7-3-4-8-14(13)19-16/h3-12H,2H2,1H3. The Morgan fingerprint density at radius 3 is 2.43 bits per heavy atom. The zero-order chi connectivity index (χ0) is 14.2. The normalized spacial score (nSPS) is 11.3. The highest BCUT2D eigenvalue weighted by atomic mass is 15.1. The predicted octanol–water partition coefficient (Wildman–Crippen LogP) is 4.27. The number of aromatic nitrogens is 3. The average molecular weight is 273 g/mol. The van der Waals surface area contributed by atoms with Crippen LogP contribution in [0.2, 0.25) is 0 Å². The van der Waals surface area contributed by atoms with Crippen LogP contribution in [-0.2, 0) is 6.54 Å². The van der Waals surface area contributed by atoms with E-state index in [9.17, 15) is 0 Å². The highest BCUT2D eigenvalue weighted by molar-refractivity contribution is 5.83. The highest BCUT2D eigenvalue weighted by Gasteiger charge is 2.12. The molecule has 0 unspecified atom stereocenters. The van der Waals surface area contributed by atoms with Gasteiger partial charge in [-0.05, 0) is 31.2 Å². The van der Waals surface area contributed by atoms with Crippen molar-refractivity contribution in [1.29, 1.82) is 0 Å². The van der Waals surface area contributed by atoms with Gasteiger partial charge < -0.3 is 4.57 Å². The van der Waals surface area contributed by atoms with Crippen molar-refractivity contribution in [3.8, 4) is 11.5 Å². The second-order valence-corrected chi connectivity index (χ2v) is 5.06. The zero-order valence-electron chi connectivity index (χ0n) is 11.8. The van der Waals surface area contributed by atoms with Gasteiger partial charge in [-0.2, -0.15) is 0 Å². The van der Waals surface area contributed by atoms with E-state index in [1.54, 1.807) is 0 Å². The summed E-state index contributed by atoms with van der Waals surface area (Å²) in [7, 11) is 0. The van der Waals surface area contributed by atoms with Crippen LogP contribution in [0.4, 0.5) is 0 Å². The predicted molar refractivity (Wildman–Crippen MR) is 86.1 cm³/mol. The third-order valence-corrected chi connectivity index (χ3v) is 3.80. The minimum Gasteiger partial charge on any atom is -0.323 e. The van der Waals surface area contributed by atoms with Gasteiger partial charge in [0.05, 0.1) is 16.6 Å². The van der Waals surface area contributed by atoms with Gasteiger partial charge in [-0.25, -0.2) is 9.97 Å². The Kier molecular flexibility index (Phi) is 2.71. The van der Waals surface area contributed by atoms with E-state index in [1.165, 1.54) is 0 Å². The number of rotatable bonds is 2. The van der Waals surface area contributed by atoms with E-state index < -0.39 is 0 Å². The van der Waals surface area contributed by atoms with E-state index in [0.29, 0.717) is 0 Å². The Hall–Kier alpha value is -2.68. The van der Waals surface area contributed by atoms with E-state index >= 15 is 0 Å². The van der Waals surface area contributed by atoms with E-state index in [-0.39, 0.29) is 0 Å². The summed E-state index contributed by atoms with van der Waals surface area (Å²) in [5.41, 5.74) is 4.10. The van der Waals surface area contributed by atoms with Gasteiger partial charge in [0.1, 0.15) is 5.69 Å². The van der Waals surface area contributed by atoms with Crippen molar-refractivity contribution < 1.29 is 0 Å². The molecule has 102 valence electrons. The van der Waals surface area contributed by atoms with Crippen molar-refractivity contribution in [2.24, 2.45) is 0 Å². The number of fused-ring (bicyclic) bond motifs is 2. The molecule has 2 aromatic heterocycles. The number of aryl methyl sites for hydroxylation is 1. The van der Waals surface area contributed by atoms with E-state index in [4.69, 9.17) is 9.97 Å². The third kappa shape index (κ3) is 1.89. The van der Waals surface area contributed by atoms with Crippen molar-refractivity contribution in [2.75, 3.05) is 0 Å². The molecule has 0 bridgehead atoms. The first-order valence-corrected chi connectivity index (χ1v) is 7.18. The second kappa shape index (κ2) is 4.70. The molecule has 0 N–H and O–H groups in total.